The summed E-state index contributed by atoms with van der Waals surface area (Å²) in [5.41, 5.74) is 0.447. The van der Waals surface area contributed by atoms with Crippen LogP contribution < -0.4 is 10.6 Å². The molecule has 0 bridgehead atoms. The van der Waals surface area contributed by atoms with E-state index in [0.29, 0.717) is 15.2 Å². The SMILES string of the molecule is CC(CO)NC(=O)C(=O)Nc1ccc(Cl)c(Br)c1. The van der Waals surface area contributed by atoms with Crippen molar-refractivity contribution in [3.63, 3.8) is 0 Å². The summed E-state index contributed by atoms with van der Waals surface area (Å²) in [6, 6.07) is 4.28. The Morgan fingerprint density at radius 1 is 1.44 bits per heavy atom. The summed E-state index contributed by atoms with van der Waals surface area (Å²) in [6.07, 6.45) is 0. The zero-order valence-corrected chi connectivity index (χ0v) is 11.9. The van der Waals surface area contributed by atoms with Gasteiger partial charge in [-0.05, 0) is 41.1 Å². The number of nitrogens with one attached hydrogen (secondary N) is 2. The highest BCUT2D eigenvalue weighted by Gasteiger charge is 2.16. The van der Waals surface area contributed by atoms with Gasteiger partial charge < -0.3 is 15.7 Å². The van der Waals surface area contributed by atoms with Crippen molar-refractivity contribution >= 4 is 45.0 Å². The molecule has 1 rings (SSSR count). The van der Waals surface area contributed by atoms with E-state index in [1.165, 1.54) is 0 Å². The monoisotopic (exact) mass is 334 g/mol. The van der Waals surface area contributed by atoms with Crippen LogP contribution in [0.25, 0.3) is 0 Å². The van der Waals surface area contributed by atoms with Crippen LogP contribution in [0.1, 0.15) is 6.92 Å². The molecular weight excluding hydrogens is 323 g/mol. The van der Waals surface area contributed by atoms with Gasteiger partial charge in [-0.25, -0.2) is 0 Å². The second-order valence-corrected chi connectivity index (χ2v) is 4.90. The molecule has 1 aromatic rings. The summed E-state index contributed by atoms with van der Waals surface area (Å²) < 4.78 is 0.617. The summed E-state index contributed by atoms with van der Waals surface area (Å²) in [4.78, 5) is 22.9. The normalized spacial score (nSPS) is 11.8. The van der Waals surface area contributed by atoms with Gasteiger partial charge in [0.1, 0.15) is 0 Å². The van der Waals surface area contributed by atoms with E-state index in [1.807, 2.05) is 0 Å². The predicted octanol–water partition coefficient (Wildman–Crippen LogP) is 1.54. The molecule has 1 aromatic carbocycles. The van der Waals surface area contributed by atoms with E-state index in [1.54, 1.807) is 25.1 Å². The molecule has 0 spiro atoms. The first kappa shape index (κ1) is 14.9. The van der Waals surface area contributed by atoms with Crippen LogP contribution in [-0.4, -0.2) is 29.6 Å². The number of anilines is 1. The van der Waals surface area contributed by atoms with Gasteiger partial charge in [0.2, 0.25) is 0 Å². The zero-order chi connectivity index (χ0) is 13.7. The maximum absolute atomic E-state index is 11.5. The molecule has 2 amide bonds. The topological polar surface area (TPSA) is 78.4 Å². The van der Waals surface area contributed by atoms with Crippen LogP contribution in [0.15, 0.2) is 22.7 Å². The van der Waals surface area contributed by atoms with Crippen LogP contribution in [0.3, 0.4) is 0 Å². The number of carbonyl (C=O) groups is 2. The number of aliphatic hydroxyl groups excluding tert-OH is 1. The third-order valence-electron chi connectivity index (χ3n) is 2.04. The quantitative estimate of drug-likeness (QED) is 0.733. The van der Waals surface area contributed by atoms with Gasteiger partial charge in [0, 0.05) is 16.2 Å². The predicted molar refractivity (Wildman–Crippen MR) is 72.5 cm³/mol. The van der Waals surface area contributed by atoms with Crippen molar-refractivity contribution in [2.75, 3.05) is 11.9 Å². The second kappa shape index (κ2) is 6.72. The molecule has 1 unspecified atom stereocenters. The van der Waals surface area contributed by atoms with Crippen molar-refractivity contribution in [3.8, 4) is 0 Å². The molecule has 3 N–H and O–H groups in total. The smallest absolute Gasteiger partial charge is 0.313 e. The number of amides is 2. The number of benzene rings is 1. The molecule has 0 aliphatic heterocycles. The Kier molecular flexibility index (Phi) is 5.58. The molecule has 0 fully saturated rings. The van der Waals surface area contributed by atoms with Crippen molar-refractivity contribution in [2.24, 2.45) is 0 Å². The van der Waals surface area contributed by atoms with Gasteiger partial charge in [-0.3, -0.25) is 9.59 Å². The maximum atomic E-state index is 11.5. The van der Waals surface area contributed by atoms with Crippen molar-refractivity contribution in [3.05, 3.63) is 27.7 Å². The molecule has 0 radical (unpaired) electrons. The van der Waals surface area contributed by atoms with Gasteiger partial charge in [-0.2, -0.15) is 0 Å². The minimum Gasteiger partial charge on any atom is -0.394 e. The summed E-state index contributed by atoms with van der Waals surface area (Å²) >= 11 is 9.01. The van der Waals surface area contributed by atoms with E-state index < -0.39 is 17.9 Å². The molecule has 0 heterocycles. The number of hydrogen-bond acceptors (Lipinski definition) is 3. The Hall–Kier alpha value is -1.11. The summed E-state index contributed by atoms with van der Waals surface area (Å²) in [7, 11) is 0. The molecule has 0 saturated heterocycles. The Labute approximate surface area is 118 Å². The summed E-state index contributed by atoms with van der Waals surface area (Å²) in [6.45, 7) is 1.36. The number of halogens is 2. The second-order valence-electron chi connectivity index (χ2n) is 3.64. The van der Waals surface area contributed by atoms with Gasteiger partial charge in [0.05, 0.1) is 11.6 Å². The van der Waals surface area contributed by atoms with Crippen LogP contribution in [0.2, 0.25) is 5.02 Å². The first-order valence-electron chi connectivity index (χ1n) is 5.11. The van der Waals surface area contributed by atoms with Crippen molar-refractivity contribution in [2.45, 2.75) is 13.0 Å². The van der Waals surface area contributed by atoms with Gasteiger partial charge in [0.15, 0.2) is 0 Å². The molecule has 0 aliphatic carbocycles. The summed E-state index contributed by atoms with van der Waals surface area (Å²) in [5.74, 6) is -1.60. The molecule has 5 nitrogen and oxygen atoms in total. The molecular formula is C11H12BrClN2O3. The molecule has 7 heteroatoms. The average Bonchev–Trinajstić information content (AvgIpc) is 2.33. The first-order chi connectivity index (χ1) is 8.43. The Morgan fingerprint density at radius 3 is 2.67 bits per heavy atom. The third-order valence-corrected chi connectivity index (χ3v) is 3.25. The van der Waals surface area contributed by atoms with Gasteiger partial charge in [-0.15, -0.1) is 0 Å². The fourth-order valence-corrected chi connectivity index (χ4v) is 1.59. The number of aliphatic hydroxyl groups is 1. The maximum Gasteiger partial charge on any atom is 0.313 e. The van der Waals surface area contributed by atoms with E-state index in [0.717, 1.165) is 0 Å². The minimum atomic E-state index is -0.803. The fourth-order valence-electron chi connectivity index (χ4n) is 1.10. The van der Waals surface area contributed by atoms with Crippen molar-refractivity contribution < 1.29 is 14.7 Å². The van der Waals surface area contributed by atoms with Crippen LogP contribution in [0, 0.1) is 0 Å². The largest absolute Gasteiger partial charge is 0.394 e. The van der Waals surface area contributed by atoms with Gasteiger partial charge >= 0.3 is 11.8 Å². The lowest BCUT2D eigenvalue weighted by atomic mass is 10.3. The van der Waals surface area contributed by atoms with Crippen LogP contribution in [0.5, 0.6) is 0 Å². The van der Waals surface area contributed by atoms with Crippen molar-refractivity contribution in [1.29, 1.82) is 0 Å². The minimum absolute atomic E-state index is 0.231. The highest BCUT2D eigenvalue weighted by Crippen LogP contribution is 2.25. The number of carbonyl (C=O) groups excluding carboxylic acids is 2. The standard InChI is InChI=1S/C11H12BrClN2O3/c1-6(5-16)14-10(17)11(18)15-7-2-3-9(13)8(12)4-7/h2-4,6,16H,5H2,1H3,(H,14,17)(H,15,18). The highest BCUT2D eigenvalue weighted by molar-refractivity contribution is 9.10. The molecule has 98 valence electrons. The lowest BCUT2D eigenvalue weighted by molar-refractivity contribution is -0.136. The zero-order valence-electron chi connectivity index (χ0n) is 9.54. The Balaban J connectivity index is 2.64. The van der Waals surface area contributed by atoms with Crippen LogP contribution in [0.4, 0.5) is 5.69 Å². The molecule has 0 aliphatic rings. The van der Waals surface area contributed by atoms with E-state index >= 15 is 0 Å². The van der Waals surface area contributed by atoms with E-state index in [9.17, 15) is 9.59 Å². The van der Waals surface area contributed by atoms with Crippen molar-refractivity contribution in [1.82, 2.24) is 5.32 Å². The fraction of sp³-hybridized carbons (Fsp3) is 0.273. The van der Waals surface area contributed by atoms with E-state index in [4.69, 9.17) is 16.7 Å². The molecule has 1 atom stereocenters. The summed E-state index contributed by atoms with van der Waals surface area (Å²) in [5, 5.41) is 14.0. The average molecular weight is 336 g/mol. The highest BCUT2D eigenvalue weighted by atomic mass is 79.9. The number of rotatable bonds is 3. The molecule has 0 saturated carbocycles. The lowest BCUT2D eigenvalue weighted by Crippen LogP contribution is -2.42. The van der Waals surface area contributed by atoms with Gasteiger partial charge in [-0.1, -0.05) is 11.6 Å². The number of hydrogen-bond donors (Lipinski definition) is 3. The Morgan fingerprint density at radius 2 is 2.11 bits per heavy atom. The lowest BCUT2D eigenvalue weighted by Gasteiger charge is -2.11. The Bertz CT molecular complexity index is 468. The molecule has 0 aromatic heterocycles. The van der Waals surface area contributed by atoms with Crippen LogP contribution >= 0.6 is 27.5 Å². The van der Waals surface area contributed by atoms with E-state index in [-0.39, 0.29) is 6.61 Å². The molecule has 18 heavy (non-hydrogen) atoms. The van der Waals surface area contributed by atoms with E-state index in [2.05, 4.69) is 26.6 Å². The van der Waals surface area contributed by atoms with Crippen LogP contribution in [-0.2, 0) is 9.59 Å². The van der Waals surface area contributed by atoms with Gasteiger partial charge in [0.25, 0.3) is 0 Å². The first-order valence-corrected chi connectivity index (χ1v) is 6.29. The third kappa shape index (κ3) is 4.29.